The van der Waals surface area contributed by atoms with Gasteiger partial charge in [0.1, 0.15) is 5.82 Å². The molecule has 0 spiro atoms. The minimum absolute atomic E-state index is 0.604. The van der Waals surface area contributed by atoms with E-state index in [2.05, 4.69) is 4.98 Å². The highest BCUT2D eigenvalue weighted by atomic mass is 16.5. The summed E-state index contributed by atoms with van der Waals surface area (Å²) in [6, 6.07) is 4.02. The quantitative estimate of drug-likeness (QED) is 0.861. The van der Waals surface area contributed by atoms with E-state index in [1.54, 1.807) is 0 Å². The molecular formula is C13H20N2O2. The van der Waals surface area contributed by atoms with E-state index in [0.717, 1.165) is 11.4 Å². The Labute approximate surface area is 102 Å². The zero-order valence-electron chi connectivity index (χ0n) is 10.5. The third-order valence-corrected chi connectivity index (χ3v) is 3.24. The van der Waals surface area contributed by atoms with Crippen LogP contribution < -0.4 is 4.90 Å². The Hall–Kier alpha value is -1.13. The van der Waals surface area contributed by atoms with E-state index in [9.17, 15) is 5.11 Å². The molecule has 1 N–H and O–H groups in total. The van der Waals surface area contributed by atoms with Gasteiger partial charge in [0.25, 0.3) is 0 Å². The highest BCUT2D eigenvalue weighted by Crippen LogP contribution is 2.23. The fourth-order valence-corrected chi connectivity index (χ4v) is 2.12. The molecule has 2 rings (SSSR count). The number of pyridine rings is 1. The molecule has 0 unspecified atom stereocenters. The van der Waals surface area contributed by atoms with Crippen LogP contribution in [-0.2, 0) is 4.74 Å². The molecule has 17 heavy (non-hydrogen) atoms. The summed E-state index contributed by atoms with van der Waals surface area (Å²) in [5.41, 5.74) is 0.506. The van der Waals surface area contributed by atoms with Crippen LogP contribution >= 0.6 is 0 Å². The first-order valence-corrected chi connectivity index (χ1v) is 6.03. The number of anilines is 1. The Morgan fingerprint density at radius 3 is 2.71 bits per heavy atom. The maximum Gasteiger partial charge on any atom is 0.128 e. The first-order chi connectivity index (χ1) is 8.09. The van der Waals surface area contributed by atoms with Gasteiger partial charge < -0.3 is 14.7 Å². The summed E-state index contributed by atoms with van der Waals surface area (Å²) in [5, 5.41) is 10.4. The molecule has 0 saturated carbocycles. The summed E-state index contributed by atoms with van der Waals surface area (Å²) in [6.45, 7) is 3.91. The van der Waals surface area contributed by atoms with Gasteiger partial charge in [0.2, 0.25) is 0 Å². The number of aliphatic hydroxyl groups is 1. The number of hydrogen-bond donors (Lipinski definition) is 1. The molecule has 0 amide bonds. The average molecular weight is 236 g/mol. The Morgan fingerprint density at radius 1 is 1.41 bits per heavy atom. The van der Waals surface area contributed by atoms with Crippen LogP contribution in [0.25, 0.3) is 0 Å². The van der Waals surface area contributed by atoms with E-state index in [1.165, 1.54) is 0 Å². The summed E-state index contributed by atoms with van der Waals surface area (Å²) < 4.78 is 5.27. The number of nitrogens with zero attached hydrogens (tertiary/aromatic N) is 2. The van der Waals surface area contributed by atoms with Gasteiger partial charge in [0, 0.05) is 45.8 Å². The molecular weight excluding hydrogens is 216 g/mol. The first kappa shape index (κ1) is 12.3. The van der Waals surface area contributed by atoms with E-state index < -0.39 is 5.60 Å². The van der Waals surface area contributed by atoms with Gasteiger partial charge >= 0.3 is 0 Å². The average Bonchev–Trinajstić information content (AvgIpc) is 2.30. The van der Waals surface area contributed by atoms with Crippen LogP contribution in [0.5, 0.6) is 0 Å². The lowest BCUT2D eigenvalue weighted by atomic mass is 9.94. The predicted octanol–water partition coefficient (Wildman–Crippen LogP) is 1.37. The van der Waals surface area contributed by atoms with E-state index in [0.29, 0.717) is 32.6 Å². The summed E-state index contributed by atoms with van der Waals surface area (Å²) in [7, 11) is 1.96. The predicted molar refractivity (Wildman–Crippen MR) is 67.2 cm³/mol. The SMILES string of the molecule is Cc1ccc(N(C)CC2(O)CCOCC2)nc1. The molecule has 1 saturated heterocycles. The second-order valence-electron chi connectivity index (χ2n) is 4.89. The molecule has 0 aliphatic carbocycles. The van der Waals surface area contributed by atoms with E-state index in [4.69, 9.17) is 4.74 Å². The van der Waals surface area contributed by atoms with Crippen molar-refractivity contribution in [2.75, 3.05) is 31.7 Å². The van der Waals surface area contributed by atoms with Gasteiger partial charge in [0.05, 0.1) is 5.60 Å². The number of rotatable bonds is 3. The van der Waals surface area contributed by atoms with Crippen LogP contribution in [0.3, 0.4) is 0 Å². The molecule has 1 fully saturated rings. The standard InChI is InChI=1S/C13H20N2O2/c1-11-3-4-12(14-9-11)15(2)10-13(16)5-7-17-8-6-13/h3-4,9,16H,5-8,10H2,1-2H3. The van der Waals surface area contributed by atoms with Gasteiger partial charge in [-0.1, -0.05) is 6.07 Å². The van der Waals surface area contributed by atoms with E-state index in [1.807, 2.05) is 37.2 Å². The van der Waals surface area contributed by atoms with Crippen LogP contribution in [0.2, 0.25) is 0 Å². The summed E-state index contributed by atoms with van der Waals surface area (Å²) in [5.74, 6) is 0.899. The van der Waals surface area contributed by atoms with E-state index in [-0.39, 0.29) is 0 Å². The second-order valence-corrected chi connectivity index (χ2v) is 4.89. The van der Waals surface area contributed by atoms with Gasteiger partial charge in [-0.15, -0.1) is 0 Å². The van der Waals surface area contributed by atoms with Gasteiger partial charge in [-0.05, 0) is 18.6 Å². The maximum absolute atomic E-state index is 10.4. The van der Waals surface area contributed by atoms with Gasteiger partial charge in [-0.25, -0.2) is 4.98 Å². The highest BCUT2D eigenvalue weighted by Gasteiger charge is 2.31. The lowest BCUT2D eigenvalue weighted by molar-refractivity contribution is -0.0573. The zero-order valence-corrected chi connectivity index (χ0v) is 10.5. The molecule has 2 heterocycles. The Bertz CT molecular complexity index is 358. The first-order valence-electron chi connectivity index (χ1n) is 6.03. The molecule has 0 aromatic carbocycles. The summed E-state index contributed by atoms with van der Waals surface area (Å²) in [4.78, 5) is 6.36. The van der Waals surface area contributed by atoms with Crippen molar-refractivity contribution in [3.8, 4) is 0 Å². The smallest absolute Gasteiger partial charge is 0.128 e. The number of hydrogen-bond acceptors (Lipinski definition) is 4. The largest absolute Gasteiger partial charge is 0.388 e. The summed E-state index contributed by atoms with van der Waals surface area (Å²) >= 11 is 0. The van der Waals surface area contributed by atoms with Crippen LogP contribution in [0.15, 0.2) is 18.3 Å². The zero-order chi connectivity index (χ0) is 12.3. The molecule has 0 atom stereocenters. The third kappa shape index (κ3) is 3.17. The van der Waals surface area contributed by atoms with E-state index >= 15 is 0 Å². The fraction of sp³-hybridized carbons (Fsp3) is 0.615. The molecule has 1 aliphatic heterocycles. The van der Waals surface area contributed by atoms with Crippen molar-refractivity contribution in [3.63, 3.8) is 0 Å². The fourth-order valence-electron chi connectivity index (χ4n) is 2.12. The molecule has 4 heteroatoms. The number of likely N-dealkylation sites (N-methyl/N-ethyl adjacent to an activating group) is 1. The highest BCUT2D eigenvalue weighted by molar-refractivity contribution is 5.38. The van der Waals surface area contributed by atoms with Crippen LogP contribution in [-0.4, -0.2) is 42.5 Å². The van der Waals surface area contributed by atoms with Crippen molar-refractivity contribution in [2.24, 2.45) is 0 Å². The molecule has 1 aliphatic rings. The topological polar surface area (TPSA) is 45.6 Å². The van der Waals surface area contributed by atoms with Crippen molar-refractivity contribution >= 4 is 5.82 Å². The molecule has 0 radical (unpaired) electrons. The Morgan fingerprint density at radius 2 is 2.12 bits per heavy atom. The molecule has 0 bridgehead atoms. The van der Waals surface area contributed by atoms with Crippen molar-refractivity contribution in [3.05, 3.63) is 23.9 Å². The monoisotopic (exact) mass is 236 g/mol. The van der Waals surface area contributed by atoms with Gasteiger partial charge in [-0.3, -0.25) is 0 Å². The molecule has 94 valence electrons. The molecule has 1 aromatic rings. The number of ether oxygens (including phenoxy) is 1. The Kier molecular flexibility index (Phi) is 3.64. The maximum atomic E-state index is 10.4. The van der Waals surface area contributed by atoms with Crippen molar-refractivity contribution in [2.45, 2.75) is 25.4 Å². The molecule has 4 nitrogen and oxygen atoms in total. The number of aromatic nitrogens is 1. The van der Waals surface area contributed by atoms with Crippen molar-refractivity contribution < 1.29 is 9.84 Å². The molecule has 1 aromatic heterocycles. The minimum Gasteiger partial charge on any atom is -0.388 e. The second kappa shape index (κ2) is 5.02. The lowest BCUT2D eigenvalue weighted by Crippen LogP contribution is -2.45. The summed E-state index contributed by atoms with van der Waals surface area (Å²) in [6.07, 6.45) is 3.24. The Balaban J connectivity index is 2.00. The van der Waals surface area contributed by atoms with Gasteiger partial charge in [-0.2, -0.15) is 0 Å². The minimum atomic E-state index is -0.639. The van der Waals surface area contributed by atoms with Crippen molar-refractivity contribution in [1.82, 2.24) is 4.98 Å². The van der Waals surface area contributed by atoms with Crippen LogP contribution in [0, 0.1) is 6.92 Å². The van der Waals surface area contributed by atoms with Crippen LogP contribution in [0.4, 0.5) is 5.82 Å². The van der Waals surface area contributed by atoms with Crippen LogP contribution in [0.1, 0.15) is 18.4 Å². The lowest BCUT2D eigenvalue weighted by Gasteiger charge is -2.35. The number of aryl methyl sites for hydroxylation is 1. The third-order valence-electron chi connectivity index (χ3n) is 3.24. The van der Waals surface area contributed by atoms with Gasteiger partial charge in [0.15, 0.2) is 0 Å². The van der Waals surface area contributed by atoms with Crippen molar-refractivity contribution in [1.29, 1.82) is 0 Å². The normalized spacial score (nSPS) is 19.0.